The Hall–Kier alpha value is -1.30. The number of carbonyl (C=O) groups excluding carboxylic acids is 1. The Balaban J connectivity index is 2.44. The Bertz CT molecular complexity index is 481. The highest BCUT2D eigenvalue weighted by molar-refractivity contribution is 9.09. The number of carbonyl (C=O) groups is 1. The minimum absolute atomic E-state index is 0.0558. The van der Waals surface area contributed by atoms with Crippen molar-refractivity contribution in [2.75, 3.05) is 25.7 Å². The number of anilines is 1. The number of hydrogen-bond donors (Lipinski definition) is 0. The van der Waals surface area contributed by atoms with Crippen LogP contribution >= 0.6 is 15.9 Å². The summed E-state index contributed by atoms with van der Waals surface area (Å²) in [7, 11) is 2.86. The molecular formula is C12H13BrFNO3. The van der Waals surface area contributed by atoms with Crippen LogP contribution in [-0.4, -0.2) is 31.5 Å². The van der Waals surface area contributed by atoms with Gasteiger partial charge in [-0.1, -0.05) is 15.9 Å². The normalized spacial score (nSPS) is 19.2. The van der Waals surface area contributed by atoms with Crippen LogP contribution in [0.5, 0.6) is 11.5 Å². The molecule has 0 aromatic heterocycles. The van der Waals surface area contributed by atoms with Crippen LogP contribution in [0, 0.1) is 5.82 Å². The van der Waals surface area contributed by atoms with Crippen molar-refractivity contribution in [1.29, 1.82) is 0 Å². The number of nitrogens with zero attached hydrogens (tertiary/aromatic N) is 1. The molecule has 6 heteroatoms. The van der Waals surface area contributed by atoms with Crippen molar-refractivity contribution in [3.05, 3.63) is 17.9 Å². The number of amides is 1. The molecule has 0 bridgehead atoms. The number of rotatable bonds is 3. The predicted octanol–water partition coefficient (Wildman–Crippen LogP) is 2.34. The third-order valence-electron chi connectivity index (χ3n) is 2.82. The fraction of sp³-hybridized carbons (Fsp3) is 0.417. The van der Waals surface area contributed by atoms with Crippen LogP contribution in [0.4, 0.5) is 10.1 Å². The molecular weight excluding hydrogens is 305 g/mol. The van der Waals surface area contributed by atoms with Gasteiger partial charge in [0.25, 0.3) is 0 Å². The van der Waals surface area contributed by atoms with E-state index in [1.807, 2.05) is 0 Å². The van der Waals surface area contributed by atoms with Gasteiger partial charge in [0, 0.05) is 29.9 Å². The zero-order valence-corrected chi connectivity index (χ0v) is 11.7. The van der Waals surface area contributed by atoms with Crippen LogP contribution in [0.1, 0.15) is 6.42 Å². The lowest BCUT2D eigenvalue weighted by Gasteiger charge is -2.20. The first-order chi connectivity index (χ1) is 8.56. The van der Waals surface area contributed by atoms with Gasteiger partial charge in [0.2, 0.25) is 5.91 Å². The van der Waals surface area contributed by atoms with E-state index in [1.165, 1.54) is 31.3 Å². The van der Waals surface area contributed by atoms with E-state index in [0.717, 1.165) is 0 Å². The molecule has 1 atom stereocenters. The lowest BCUT2D eigenvalue weighted by atomic mass is 10.2. The monoisotopic (exact) mass is 317 g/mol. The molecule has 1 aromatic carbocycles. The van der Waals surface area contributed by atoms with Gasteiger partial charge in [-0.2, -0.15) is 0 Å². The van der Waals surface area contributed by atoms with E-state index in [4.69, 9.17) is 9.47 Å². The van der Waals surface area contributed by atoms with E-state index in [-0.39, 0.29) is 16.5 Å². The minimum Gasteiger partial charge on any atom is -0.494 e. The lowest BCUT2D eigenvalue weighted by Crippen LogP contribution is -2.25. The Kier molecular flexibility index (Phi) is 3.75. The van der Waals surface area contributed by atoms with Gasteiger partial charge in [0.1, 0.15) is 5.75 Å². The van der Waals surface area contributed by atoms with Crippen LogP contribution in [-0.2, 0) is 4.79 Å². The first-order valence-corrected chi connectivity index (χ1v) is 6.34. The Labute approximate surface area is 113 Å². The molecule has 1 heterocycles. The van der Waals surface area contributed by atoms with E-state index in [1.54, 1.807) is 0 Å². The van der Waals surface area contributed by atoms with Gasteiger partial charge in [-0.25, -0.2) is 4.39 Å². The van der Waals surface area contributed by atoms with Crippen LogP contribution in [0.15, 0.2) is 12.1 Å². The second-order valence-corrected chi connectivity index (χ2v) is 5.26. The maximum Gasteiger partial charge on any atom is 0.228 e. The predicted molar refractivity (Wildman–Crippen MR) is 69.2 cm³/mol. The van der Waals surface area contributed by atoms with Crippen molar-refractivity contribution in [3.8, 4) is 11.5 Å². The first-order valence-electron chi connectivity index (χ1n) is 5.42. The van der Waals surface area contributed by atoms with Crippen molar-refractivity contribution in [2.45, 2.75) is 11.2 Å². The standard InChI is InChI=1S/C12H13BrFNO3/c1-17-10-5-11(18-2)9(4-8(10)14)15-6-7(13)3-12(15)16/h4-5,7H,3,6H2,1-2H3. The summed E-state index contributed by atoms with van der Waals surface area (Å²) < 4.78 is 23.8. The van der Waals surface area contributed by atoms with Crippen molar-refractivity contribution >= 4 is 27.5 Å². The molecule has 1 fully saturated rings. The topological polar surface area (TPSA) is 38.8 Å². The quantitative estimate of drug-likeness (QED) is 0.803. The molecule has 98 valence electrons. The van der Waals surface area contributed by atoms with E-state index in [9.17, 15) is 9.18 Å². The van der Waals surface area contributed by atoms with Crippen LogP contribution < -0.4 is 14.4 Å². The summed E-state index contributed by atoms with van der Waals surface area (Å²) in [6, 6.07) is 2.71. The molecule has 1 aromatic rings. The lowest BCUT2D eigenvalue weighted by molar-refractivity contribution is -0.117. The van der Waals surface area contributed by atoms with Crippen molar-refractivity contribution in [1.82, 2.24) is 0 Å². The number of halogens is 2. The first kappa shape index (κ1) is 13.1. The maximum absolute atomic E-state index is 13.7. The fourth-order valence-corrected chi connectivity index (χ4v) is 2.52. The van der Waals surface area contributed by atoms with Crippen LogP contribution in [0.25, 0.3) is 0 Å². The molecule has 1 unspecified atom stereocenters. The largest absolute Gasteiger partial charge is 0.494 e. The summed E-state index contributed by atoms with van der Waals surface area (Å²) in [5.74, 6) is -0.0558. The second-order valence-electron chi connectivity index (χ2n) is 3.96. The molecule has 4 nitrogen and oxygen atoms in total. The van der Waals surface area contributed by atoms with E-state index < -0.39 is 5.82 Å². The third kappa shape index (κ3) is 2.29. The molecule has 1 amide bonds. The highest BCUT2D eigenvalue weighted by atomic mass is 79.9. The molecule has 0 saturated carbocycles. The van der Waals surface area contributed by atoms with E-state index in [2.05, 4.69) is 15.9 Å². The fourth-order valence-electron chi connectivity index (χ4n) is 1.95. The maximum atomic E-state index is 13.7. The van der Waals surface area contributed by atoms with E-state index in [0.29, 0.717) is 24.4 Å². The summed E-state index contributed by atoms with van der Waals surface area (Å²) in [4.78, 5) is 13.4. The molecule has 1 saturated heterocycles. The Morgan fingerprint density at radius 3 is 2.50 bits per heavy atom. The van der Waals surface area contributed by atoms with Gasteiger partial charge >= 0.3 is 0 Å². The Morgan fingerprint density at radius 1 is 1.33 bits per heavy atom. The van der Waals surface area contributed by atoms with Crippen molar-refractivity contribution in [3.63, 3.8) is 0 Å². The molecule has 1 aliphatic rings. The van der Waals surface area contributed by atoms with Gasteiger partial charge in [-0.15, -0.1) is 0 Å². The number of alkyl halides is 1. The highest BCUT2D eigenvalue weighted by Gasteiger charge is 2.31. The van der Waals surface area contributed by atoms with Crippen molar-refractivity contribution < 1.29 is 18.7 Å². The number of hydrogen-bond acceptors (Lipinski definition) is 3. The van der Waals surface area contributed by atoms with Gasteiger partial charge < -0.3 is 14.4 Å². The zero-order chi connectivity index (χ0) is 13.3. The summed E-state index contributed by atoms with van der Waals surface area (Å²) in [5, 5.41) is 0. The third-order valence-corrected chi connectivity index (χ3v) is 3.44. The summed E-state index contributed by atoms with van der Waals surface area (Å²) in [6.45, 7) is 0.501. The van der Waals surface area contributed by atoms with Crippen LogP contribution in [0.3, 0.4) is 0 Å². The summed E-state index contributed by atoms with van der Waals surface area (Å²) in [6.07, 6.45) is 0.400. The van der Waals surface area contributed by atoms with Gasteiger partial charge in [-0.3, -0.25) is 4.79 Å². The van der Waals surface area contributed by atoms with Crippen LogP contribution in [0.2, 0.25) is 0 Å². The summed E-state index contributed by atoms with van der Waals surface area (Å²) >= 11 is 3.39. The highest BCUT2D eigenvalue weighted by Crippen LogP contribution is 2.37. The van der Waals surface area contributed by atoms with Gasteiger partial charge in [0.05, 0.1) is 19.9 Å². The molecule has 0 aliphatic carbocycles. The van der Waals surface area contributed by atoms with Gasteiger partial charge in [0.15, 0.2) is 11.6 Å². The van der Waals surface area contributed by atoms with Crippen molar-refractivity contribution in [2.24, 2.45) is 0 Å². The Morgan fingerprint density at radius 2 is 2.00 bits per heavy atom. The number of benzene rings is 1. The zero-order valence-electron chi connectivity index (χ0n) is 10.1. The SMILES string of the molecule is COc1cc(OC)c(N2CC(Br)CC2=O)cc1F. The van der Waals surface area contributed by atoms with E-state index >= 15 is 0 Å². The smallest absolute Gasteiger partial charge is 0.228 e. The number of methoxy groups -OCH3 is 2. The summed E-state index contributed by atoms with van der Waals surface area (Å²) in [5.41, 5.74) is 0.433. The average molecular weight is 318 g/mol. The molecule has 0 spiro atoms. The number of ether oxygens (including phenoxy) is 2. The van der Waals surface area contributed by atoms with Gasteiger partial charge in [-0.05, 0) is 0 Å². The molecule has 18 heavy (non-hydrogen) atoms. The minimum atomic E-state index is -0.515. The average Bonchev–Trinajstić information content (AvgIpc) is 2.68. The molecule has 0 radical (unpaired) electrons. The molecule has 2 rings (SSSR count). The molecule has 1 aliphatic heterocycles. The second kappa shape index (κ2) is 5.14. The molecule has 0 N–H and O–H groups in total.